The molecule has 1 saturated heterocycles. The largest absolute Gasteiger partial charge is 0.379 e. The summed E-state index contributed by atoms with van der Waals surface area (Å²) in [5.41, 5.74) is 1.04. The average molecular weight is 549 g/mol. The van der Waals surface area contributed by atoms with Crippen LogP contribution in [0.15, 0.2) is 29.3 Å². The number of nitrogens with zero attached hydrogens (tertiary/aromatic N) is 3. The fraction of sp³-hybridized carbons (Fsp3) is 0.636. The number of guanidine groups is 1. The van der Waals surface area contributed by atoms with Crippen LogP contribution >= 0.6 is 24.0 Å². The van der Waals surface area contributed by atoms with Gasteiger partial charge in [-0.1, -0.05) is 12.1 Å². The third kappa shape index (κ3) is 9.28. The van der Waals surface area contributed by atoms with Crippen LogP contribution in [-0.2, 0) is 9.53 Å². The minimum Gasteiger partial charge on any atom is -0.379 e. The van der Waals surface area contributed by atoms with Gasteiger partial charge in [-0.05, 0) is 38.5 Å². The molecule has 7 nitrogen and oxygen atoms in total. The Morgan fingerprint density at radius 1 is 1.16 bits per heavy atom. The molecule has 1 aromatic carbocycles. The summed E-state index contributed by atoms with van der Waals surface area (Å²) in [6.07, 6.45) is 0.428. The highest BCUT2D eigenvalue weighted by molar-refractivity contribution is 14.0. The van der Waals surface area contributed by atoms with Crippen LogP contribution in [0.5, 0.6) is 0 Å². The highest BCUT2D eigenvalue weighted by Crippen LogP contribution is 2.22. The summed E-state index contributed by atoms with van der Waals surface area (Å²) < 4.78 is 18.9. The lowest BCUT2D eigenvalue weighted by molar-refractivity contribution is -0.130. The summed E-state index contributed by atoms with van der Waals surface area (Å²) in [5.74, 6) is 0.585. The monoisotopic (exact) mass is 549 g/mol. The van der Waals surface area contributed by atoms with Gasteiger partial charge in [-0.25, -0.2) is 4.39 Å². The summed E-state index contributed by atoms with van der Waals surface area (Å²) in [7, 11) is 0. The summed E-state index contributed by atoms with van der Waals surface area (Å²) in [6, 6.07) is 6.69. The molecule has 0 spiro atoms. The van der Waals surface area contributed by atoms with Gasteiger partial charge in [-0.15, -0.1) is 24.0 Å². The Morgan fingerprint density at radius 3 is 2.39 bits per heavy atom. The molecular formula is C22H37FIN5O2. The molecule has 1 aliphatic heterocycles. The molecule has 2 rings (SSSR count). The lowest BCUT2D eigenvalue weighted by Crippen LogP contribution is -2.42. The lowest BCUT2D eigenvalue weighted by Gasteiger charge is -2.34. The number of carbonyl (C=O) groups excluding carboxylic acids is 1. The highest BCUT2D eigenvalue weighted by Gasteiger charge is 2.22. The molecule has 0 bridgehead atoms. The number of hydrogen-bond acceptors (Lipinski definition) is 4. The average Bonchev–Trinajstić information content (AvgIpc) is 2.76. The van der Waals surface area contributed by atoms with E-state index >= 15 is 0 Å². The van der Waals surface area contributed by atoms with Crippen LogP contribution in [0.25, 0.3) is 0 Å². The minimum atomic E-state index is -0.240. The van der Waals surface area contributed by atoms with E-state index in [1.807, 2.05) is 37.8 Å². The molecule has 0 aromatic heterocycles. The van der Waals surface area contributed by atoms with E-state index in [-0.39, 0.29) is 41.7 Å². The van der Waals surface area contributed by atoms with Gasteiger partial charge in [0.15, 0.2) is 5.96 Å². The molecule has 0 aliphatic carbocycles. The second kappa shape index (κ2) is 15.4. The van der Waals surface area contributed by atoms with E-state index in [1.165, 1.54) is 12.1 Å². The van der Waals surface area contributed by atoms with Crippen LogP contribution in [0.4, 0.5) is 4.39 Å². The van der Waals surface area contributed by atoms with Gasteiger partial charge >= 0.3 is 0 Å². The van der Waals surface area contributed by atoms with Gasteiger partial charge in [0.25, 0.3) is 0 Å². The van der Waals surface area contributed by atoms with Crippen molar-refractivity contribution in [3.8, 4) is 0 Å². The zero-order valence-electron chi connectivity index (χ0n) is 18.9. The van der Waals surface area contributed by atoms with Crippen molar-refractivity contribution in [3.63, 3.8) is 0 Å². The molecule has 1 aliphatic rings. The van der Waals surface area contributed by atoms with Crippen molar-refractivity contribution in [2.24, 2.45) is 4.99 Å². The number of nitrogens with one attached hydrogen (secondary N) is 2. The minimum absolute atomic E-state index is 0. The summed E-state index contributed by atoms with van der Waals surface area (Å²) in [6.45, 7) is 12.2. The molecule has 1 unspecified atom stereocenters. The second-order valence-electron chi connectivity index (χ2n) is 7.18. The molecule has 1 heterocycles. The molecule has 1 atom stereocenters. The zero-order chi connectivity index (χ0) is 21.8. The highest BCUT2D eigenvalue weighted by atomic mass is 127. The van der Waals surface area contributed by atoms with E-state index in [9.17, 15) is 9.18 Å². The zero-order valence-corrected chi connectivity index (χ0v) is 21.2. The number of amides is 1. The smallest absolute Gasteiger partial charge is 0.224 e. The van der Waals surface area contributed by atoms with E-state index in [2.05, 4.69) is 15.5 Å². The lowest BCUT2D eigenvalue weighted by atomic mass is 10.0. The van der Waals surface area contributed by atoms with E-state index in [1.54, 1.807) is 0 Å². The van der Waals surface area contributed by atoms with Gasteiger partial charge in [-0.3, -0.25) is 14.7 Å². The Bertz CT molecular complexity index is 664. The Balaban J connectivity index is 0.00000480. The van der Waals surface area contributed by atoms with Gasteiger partial charge in [0.1, 0.15) is 5.82 Å². The maximum atomic E-state index is 13.4. The fourth-order valence-corrected chi connectivity index (χ4v) is 3.55. The maximum Gasteiger partial charge on any atom is 0.224 e. The van der Waals surface area contributed by atoms with Gasteiger partial charge in [-0.2, -0.15) is 0 Å². The molecule has 1 amide bonds. The molecule has 2 N–H and O–H groups in total. The first-order chi connectivity index (χ1) is 14.6. The van der Waals surface area contributed by atoms with E-state index in [0.717, 1.165) is 38.3 Å². The number of hydrogen-bond donors (Lipinski definition) is 2. The van der Waals surface area contributed by atoms with E-state index < -0.39 is 0 Å². The summed E-state index contributed by atoms with van der Waals surface area (Å²) in [5, 5.41) is 6.50. The topological polar surface area (TPSA) is 69.2 Å². The van der Waals surface area contributed by atoms with Gasteiger partial charge in [0.2, 0.25) is 5.91 Å². The molecule has 9 heteroatoms. The van der Waals surface area contributed by atoms with Crippen LogP contribution in [0.1, 0.15) is 38.8 Å². The number of rotatable bonds is 10. The number of ether oxygens (including phenoxy) is 1. The SMILES string of the molecule is CCNC(=NCC(c1ccc(F)cc1)N1CCOCC1)NCCC(=O)N(CC)CC.I. The van der Waals surface area contributed by atoms with Crippen LogP contribution < -0.4 is 10.6 Å². The molecule has 1 aromatic rings. The molecule has 0 saturated carbocycles. The van der Waals surface area contributed by atoms with Crippen molar-refractivity contribution in [2.75, 3.05) is 59.0 Å². The van der Waals surface area contributed by atoms with Crippen molar-refractivity contribution in [2.45, 2.75) is 33.2 Å². The van der Waals surface area contributed by atoms with E-state index in [4.69, 9.17) is 9.73 Å². The van der Waals surface area contributed by atoms with Crippen LogP contribution in [0.2, 0.25) is 0 Å². The number of benzene rings is 1. The maximum absolute atomic E-state index is 13.4. The van der Waals surface area contributed by atoms with Crippen molar-refractivity contribution in [1.82, 2.24) is 20.4 Å². The third-order valence-corrected chi connectivity index (χ3v) is 5.26. The second-order valence-corrected chi connectivity index (χ2v) is 7.18. The number of halogens is 2. The van der Waals surface area contributed by atoms with Gasteiger partial charge < -0.3 is 20.3 Å². The number of morpholine rings is 1. The Labute approximate surface area is 202 Å². The number of carbonyl (C=O) groups is 1. The van der Waals surface area contributed by atoms with Gasteiger partial charge in [0, 0.05) is 45.7 Å². The van der Waals surface area contributed by atoms with E-state index in [0.29, 0.717) is 38.7 Å². The van der Waals surface area contributed by atoms with Crippen molar-refractivity contribution in [3.05, 3.63) is 35.6 Å². The molecular weight excluding hydrogens is 512 g/mol. The first-order valence-corrected chi connectivity index (χ1v) is 11.0. The van der Waals surface area contributed by atoms with Crippen molar-refractivity contribution < 1.29 is 13.9 Å². The summed E-state index contributed by atoms with van der Waals surface area (Å²) in [4.78, 5) is 21.1. The number of aliphatic imine (C=N–C) groups is 1. The predicted molar refractivity (Wildman–Crippen MR) is 133 cm³/mol. The first-order valence-electron chi connectivity index (χ1n) is 11.0. The predicted octanol–water partition coefficient (Wildman–Crippen LogP) is 2.63. The van der Waals surface area contributed by atoms with Gasteiger partial charge in [0.05, 0.1) is 25.8 Å². The molecule has 0 radical (unpaired) electrons. The van der Waals surface area contributed by atoms with Crippen molar-refractivity contribution >= 4 is 35.8 Å². The van der Waals surface area contributed by atoms with Crippen LogP contribution in [0, 0.1) is 5.82 Å². The quantitative estimate of drug-likeness (QED) is 0.267. The Morgan fingerprint density at radius 2 is 1.81 bits per heavy atom. The standard InChI is InChI=1S/C22H36FN5O2.HI/c1-4-24-22(25-12-11-21(29)27(5-2)6-3)26-17-20(28-13-15-30-16-14-28)18-7-9-19(23)10-8-18;/h7-10,20H,4-6,11-17H2,1-3H3,(H2,24,25,26);1H. The first kappa shape index (κ1) is 27.6. The molecule has 1 fully saturated rings. The normalized spacial score (nSPS) is 15.7. The van der Waals surface area contributed by atoms with Crippen LogP contribution in [0.3, 0.4) is 0 Å². The molecule has 176 valence electrons. The Hall–Kier alpha value is -1.46. The van der Waals surface area contributed by atoms with Crippen LogP contribution in [-0.4, -0.2) is 80.7 Å². The molecule has 31 heavy (non-hydrogen) atoms. The Kier molecular flexibility index (Phi) is 13.7. The fourth-order valence-electron chi connectivity index (χ4n) is 3.55. The third-order valence-electron chi connectivity index (χ3n) is 5.26. The summed E-state index contributed by atoms with van der Waals surface area (Å²) >= 11 is 0. The van der Waals surface area contributed by atoms with Crippen molar-refractivity contribution in [1.29, 1.82) is 0 Å².